The lowest BCUT2D eigenvalue weighted by molar-refractivity contribution is -0.139. The average Bonchev–Trinajstić information content (AvgIpc) is 3.31. The van der Waals surface area contributed by atoms with Gasteiger partial charge in [0.05, 0.1) is 32.0 Å². The average molecular weight is 652 g/mol. The number of aliphatic hydroxyl groups excluding tert-OH is 1. The van der Waals surface area contributed by atoms with E-state index in [1.54, 1.807) is 54.2 Å². The van der Waals surface area contributed by atoms with Gasteiger partial charge in [-0.1, -0.05) is 68.3 Å². The standard InChI is InChI=1S/C39H45N3O6/c1-27(10-9-14-37(45)41-25-30-12-7-6-11-29(30)22-32(41)26-43)39(47)34-23-33(48-2)19-20-35(34)42(38(39)46)24-28-15-17-31(18-16-28)40-21-8-4-3-5-13-36(40)44/h6-7,9-12,15-20,23,27,32,43,47H,3-5,8,13-14,21-22,24-26H2,1-2H3/b10-9+/t27-,32+,39+/m1/s1. The Labute approximate surface area is 282 Å². The van der Waals surface area contributed by atoms with Crippen molar-refractivity contribution in [3.05, 3.63) is 101 Å². The lowest BCUT2D eigenvalue weighted by Gasteiger charge is -2.36. The molecule has 3 aliphatic heterocycles. The highest BCUT2D eigenvalue weighted by atomic mass is 16.5. The van der Waals surface area contributed by atoms with E-state index in [1.165, 1.54) is 0 Å². The summed E-state index contributed by atoms with van der Waals surface area (Å²) in [7, 11) is 1.54. The molecule has 0 spiro atoms. The van der Waals surface area contributed by atoms with Gasteiger partial charge in [0, 0.05) is 43.1 Å². The summed E-state index contributed by atoms with van der Waals surface area (Å²) in [6, 6.07) is 20.7. The van der Waals surface area contributed by atoms with Crippen molar-refractivity contribution >= 4 is 29.1 Å². The second-order valence-electron chi connectivity index (χ2n) is 13.2. The highest BCUT2D eigenvalue weighted by molar-refractivity contribution is 6.07. The van der Waals surface area contributed by atoms with Gasteiger partial charge in [-0.2, -0.15) is 0 Å². The number of carbonyl (C=O) groups excluding carboxylic acids is 3. The van der Waals surface area contributed by atoms with E-state index in [2.05, 4.69) is 0 Å². The highest BCUT2D eigenvalue weighted by Gasteiger charge is 2.52. The number of amides is 3. The van der Waals surface area contributed by atoms with Crippen molar-refractivity contribution in [1.82, 2.24) is 4.90 Å². The van der Waals surface area contributed by atoms with Gasteiger partial charge in [0.25, 0.3) is 5.91 Å². The van der Waals surface area contributed by atoms with Gasteiger partial charge in [-0.15, -0.1) is 0 Å². The minimum absolute atomic E-state index is 0.0772. The number of aliphatic hydroxyl groups is 2. The number of carbonyl (C=O) groups is 3. The van der Waals surface area contributed by atoms with E-state index in [-0.39, 0.29) is 37.4 Å². The third-order valence-electron chi connectivity index (χ3n) is 10.2. The molecule has 0 saturated carbocycles. The molecule has 0 radical (unpaired) electrons. The molecule has 3 aromatic carbocycles. The van der Waals surface area contributed by atoms with Gasteiger partial charge in [-0.3, -0.25) is 14.4 Å². The molecule has 3 atom stereocenters. The number of fused-ring (bicyclic) bond motifs is 2. The fraction of sp³-hybridized carbons (Fsp3) is 0.410. The lowest BCUT2D eigenvalue weighted by Crippen LogP contribution is -2.46. The van der Waals surface area contributed by atoms with Crippen molar-refractivity contribution in [3.63, 3.8) is 0 Å². The quantitative estimate of drug-likeness (QED) is 0.306. The third-order valence-corrected chi connectivity index (χ3v) is 10.2. The van der Waals surface area contributed by atoms with Gasteiger partial charge in [-0.05, 0) is 66.3 Å². The summed E-state index contributed by atoms with van der Waals surface area (Å²) in [5.41, 5.74) is 3.11. The number of nitrogens with zero attached hydrogens (tertiary/aromatic N) is 3. The molecule has 1 fully saturated rings. The first-order valence-corrected chi connectivity index (χ1v) is 17.0. The first-order chi connectivity index (χ1) is 23.2. The maximum Gasteiger partial charge on any atom is 0.264 e. The zero-order valence-corrected chi connectivity index (χ0v) is 27.8. The molecule has 9 nitrogen and oxygen atoms in total. The van der Waals surface area contributed by atoms with Crippen LogP contribution in [0, 0.1) is 5.92 Å². The minimum Gasteiger partial charge on any atom is -0.497 e. The van der Waals surface area contributed by atoms with Gasteiger partial charge < -0.3 is 29.6 Å². The van der Waals surface area contributed by atoms with Crippen molar-refractivity contribution in [3.8, 4) is 5.75 Å². The zero-order valence-electron chi connectivity index (χ0n) is 27.8. The van der Waals surface area contributed by atoms with Gasteiger partial charge in [-0.25, -0.2) is 0 Å². The van der Waals surface area contributed by atoms with Crippen molar-refractivity contribution < 1.29 is 29.3 Å². The van der Waals surface area contributed by atoms with Crippen molar-refractivity contribution in [2.45, 2.75) is 76.6 Å². The molecule has 3 amide bonds. The summed E-state index contributed by atoms with van der Waals surface area (Å²) in [6.07, 6.45) is 8.77. The SMILES string of the molecule is COc1ccc2c(c1)[C@@](O)([C@H](C)/C=C/CC(=O)N1Cc3ccccc3C[C@H]1CO)C(=O)N2Cc1ccc(N2CCCCCCC2=O)cc1. The Hall–Kier alpha value is -4.47. The molecule has 2 N–H and O–H groups in total. The smallest absolute Gasteiger partial charge is 0.264 e. The van der Waals surface area contributed by atoms with Crippen LogP contribution in [0.1, 0.15) is 67.7 Å². The molecule has 1 saturated heterocycles. The number of methoxy groups -OCH3 is 1. The normalized spacial score (nSPS) is 21.9. The maximum atomic E-state index is 14.1. The summed E-state index contributed by atoms with van der Waals surface area (Å²) in [5.74, 6) is -0.573. The van der Waals surface area contributed by atoms with E-state index in [1.807, 2.05) is 53.4 Å². The Morgan fingerprint density at radius 2 is 1.77 bits per heavy atom. The molecule has 0 unspecified atom stereocenters. The van der Waals surface area contributed by atoms with Crippen LogP contribution in [0.5, 0.6) is 5.75 Å². The van der Waals surface area contributed by atoms with E-state index >= 15 is 0 Å². The van der Waals surface area contributed by atoms with Crippen molar-refractivity contribution in [1.29, 1.82) is 0 Å². The fourth-order valence-corrected chi connectivity index (χ4v) is 7.28. The Morgan fingerprint density at radius 1 is 1.02 bits per heavy atom. The highest BCUT2D eigenvalue weighted by Crippen LogP contribution is 2.47. The van der Waals surface area contributed by atoms with Gasteiger partial charge in [0.15, 0.2) is 5.60 Å². The zero-order chi connectivity index (χ0) is 33.8. The molecule has 9 heteroatoms. The van der Waals surface area contributed by atoms with Crippen LogP contribution in [0.15, 0.2) is 78.9 Å². The summed E-state index contributed by atoms with van der Waals surface area (Å²) < 4.78 is 5.46. The number of hydrogen-bond donors (Lipinski definition) is 2. The van der Waals surface area contributed by atoms with E-state index in [4.69, 9.17) is 4.74 Å². The molecular weight excluding hydrogens is 606 g/mol. The van der Waals surface area contributed by atoms with Crippen molar-refractivity contribution in [2.24, 2.45) is 5.92 Å². The topological polar surface area (TPSA) is 111 Å². The van der Waals surface area contributed by atoms with Crippen LogP contribution < -0.4 is 14.5 Å². The molecule has 0 aliphatic carbocycles. The minimum atomic E-state index is -1.88. The summed E-state index contributed by atoms with van der Waals surface area (Å²) in [6.45, 7) is 3.03. The molecular formula is C39H45N3O6. The molecule has 0 aromatic heterocycles. The van der Waals surface area contributed by atoms with Crippen molar-refractivity contribution in [2.75, 3.05) is 30.1 Å². The molecule has 6 rings (SSSR count). The first-order valence-electron chi connectivity index (χ1n) is 17.0. The summed E-state index contributed by atoms with van der Waals surface area (Å²) in [5, 5.41) is 22.2. The van der Waals surface area contributed by atoms with Crippen LogP contribution in [0.4, 0.5) is 11.4 Å². The van der Waals surface area contributed by atoms with E-state index in [9.17, 15) is 24.6 Å². The number of ether oxygens (including phenoxy) is 1. The largest absolute Gasteiger partial charge is 0.497 e. The summed E-state index contributed by atoms with van der Waals surface area (Å²) >= 11 is 0. The van der Waals surface area contributed by atoms with Crippen LogP contribution in [-0.2, 0) is 39.5 Å². The summed E-state index contributed by atoms with van der Waals surface area (Å²) in [4.78, 5) is 45.4. The maximum absolute atomic E-state index is 14.1. The third kappa shape index (κ3) is 6.49. The Balaban J connectivity index is 1.19. The Bertz CT molecular complexity index is 1690. The Kier molecular flexibility index (Phi) is 9.99. The molecule has 3 heterocycles. The van der Waals surface area contributed by atoms with Crippen LogP contribution in [0.25, 0.3) is 0 Å². The predicted octanol–water partition coefficient (Wildman–Crippen LogP) is 5.25. The molecule has 48 heavy (non-hydrogen) atoms. The van der Waals surface area contributed by atoms with E-state index < -0.39 is 17.4 Å². The molecule has 252 valence electrons. The molecule has 3 aromatic rings. The van der Waals surface area contributed by atoms with E-state index in [0.717, 1.165) is 48.1 Å². The van der Waals surface area contributed by atoms with Gasteiger partial charge in [0.1, 0.15) is 5.75 Å². The fourth-order valence-electron chi connectivity index (χ4n) is 7.28. The van der Waals surface area contributed by atoms with Gasteiger partial charge >= 0.3 is 0 Å². The molecule has 0 bridgehead atoms. The van der Waals surface area contributed by atoms with Crippen LogP contribution in [-0.4, -0.2) is 59.1 Å². The lowest BCUT2D eigenvalue weighted by atomic mass is 9.82. The second kappa shape index (κ2) is 14.3. The predicted molar refractivity (Wildman–Crippen MR) is 184 cm³/mol. The molecule has 3 aliphatic rings. The van der Waals surface area contributed by atoms with Crippen LogP contribution >= 0.6 is 0 Å². The second-order valence-corrected chi connectivity index (χ2v) is 13.2. The number of anilines is 2. The first kappa shape index (κ1) is 33.4. The van der Waals surface area contributed by atoms with Crippen LogP contribution in [0.3, 0.4) is 0 Å². The van der Waals surface area contributed by atoms with Gasteiger partial charge in [0.2, 0.25) is 11.8 Å². The van der Waals surface area contributed by atoms with Crippen LogP contribution in [0.2, 0.25) is 0 Å². The monoisotopic (exact) mass is 651 g/mol. The van der Waals surface area contributed by atoms with E-state index in [0.29, 0.717) is 42.9 Å². The number of benzene rings is 3. The number of hydrogen-bond acceptors (Lipinski definition) is 6. The number of rotatable bonds is 9. The Morgan fingerprint density at radius 3 is 2.52 bits per heavy atom.